The molecule has 11 heteroatoms. The molecule has 0 unspecified atom stereocenters. The van der Waals surface area contributed by atoms with Crippen molar-refractivity contribution < 1.29 is 23.0 Å². The first-order valence-corrected chi connectivity index (χ1v) is 13.7. The van der Waals surface area contributed by atoms with Crippen molar-refractivity contribution in [3.63, 3.8) is 0 Å². The average molecular weight is 516 g/mol. The summed E-state index contributed by atoms with van der Waals surface area (Å²) >= 11 is 0. The molecule has 1 saturated heterocycles. The fourth-order valence-electron chi connectivity index (χ4n) is 4.90. The number of hydrogen-bond acceptors (Lipinski definition) is 6. The van der Waals surface area contributed by atoms with E-state index >= 15 is 0 Å². The number of piperidine rings is 1. The number of hydroxylamine groups is 3. The number of hydrogen-bond donors (Lipinski definition) is 4. The number of guanidine groups is 1. The van der Waals surface area contributed by atoms with Crippen LogP contribution in [0.3, 0.4) is 0 Å². The van der Waals surface area contributed by atoms with Gasteiger partial charge in [-0.05, 0) is 60.4 Å². The summed E-state index contributed by atoms with van der Waals surface area (Å²) < 4.78 is 28.6. The molecule has 2 aliphatic rings. The van der Waals surface area contributed by atoms with Crippen molar-refractivity contribution >= 4 is 27.5 Å². The van der Waals surface area contributed by atoms with E-state index in [4.69, 9.17) is 21.4 Å². The Morgan fingerprint density at radius 2 is 1.81 bits per heavy atom. The number of quaternary nitrogens is 1. The predicted octanol–water partition coefficient (Wildman–Crippen LogP) is 2.42. The number of sulfonamides is 1. The standard InChI is InChI=1S/C25H35N6O4S/c1-19(26)31(14-3-2-4-15-31)35-23-7-9-24(10-8-23)36(33,34)30(13-16-32)22-6-5-20-11-12-29(25(27)28)18-21(20)17-22/h5-10,17,26,32H,2-4,11-16,18H2,1H3,(H3,27,28)/q+1. The normalized spacial score (nSPS) is 17.2. The first-order chi connectivity index (χ1) is 17.2. The Hall–Kier alpha value is -3.15. The van der Waals surface area contributed by atoms with Gasteiger partial charge in [-0.3, -0.25) is 15.1 Å². The van der Waals surface area contributed by atoms with E-state index in [0.717, 1.165) is 49.9 Å². The summed E-state index contributed by atoms with van der Waals surface area (Å²) in [5.41, 5.74) is 8.11. The van der Waals surface area contributed by atoms with Gasteiger partial charge >= 0.3 is 0 Å². The molecule has 1 fully saturated rings. The van der Waals surface area contributed by atoms with E-state index in [9.17, 15) is 13.5 Å². The zero-order valence-corrected chi connectivity index (χ0v) is 21.4. The van der Waals surface area contributed by atoms with Crippen molar-refractivity contribution in [3.8, 4) is 5.75 Å². The fourth-order valence-corrected chi connectivity index (χ4v) is 6.35. The Kier molecular flexibility index (Phi) is 7.53. The third-order valence-corrected chi connectivity index (χ3v) is 8.82. The van der Waals surface area contributed by atoms with Crippen LogP contribution in [0.2, 0.25) is 0 Å². The quantitative estimate of drug-likeness (QED) is 0.253. The number of amidine groups is 1. The SMILES string of the molecule is CC(=N)[N+]1(Oc2ccc(S(=O)(=O)N(CCO)c3ccc4c(c3)CN(C(=N)N)CC4)cc2)CCCCC1. The van der Waals surface area contributed by atoms with E-state index in [1.165, 1.54) is 16.4 Å². The number of anilines is 1. The van der Waals surface area contributed by atoms with Crippen molar-refractivity contribution in [3.05, 3.63) is 53.6 Å². The van der Waals surface area contributed by atoms with E-state index in [-0.39, 0.29) is 28.7 Å². The Labute approximate surface area is 212 Å². The van der Waals surface area contributed by atoms with Gasteiger partial charge in [-0.25, -0.2) is 8.42 Å². The summed E-state index contributed by atoms with van der Waals surface area (Å²) in [6, 6.07) is 11.7. The molecule has 5 N–H and O–H groups in total. The third kappa shape index (κ3) is 5.18. The molecule has 0 radical (unpaired) electrons. The van der Waals surface area contributed by atoms with Crippen molar-refractivity contribution in [2.45, 2.75) is 44.0 Å². The van der Waals surface area contributed by atoms with Gasteiger partial charge in [0.05, 0.1) is 23.7 Å². The van der Waals surface area contributed by atoms with Crippen LogP contribution in [-0.2, 0) is 23.0 Å². The highest BCUT2D eigenvalue weighted by atomic mass is 32.2. The van der Waals surface area contributed by atoms with Gasteiger partial charge in [-0.1, -0.05) is 10.7 Å². The molecule has 36 heavy (non-hydrogen) atoms. The van der Waals surface area contributed by atoms with Crippen molar-refractivity contribution in [2.75, 3.05) is 37.1 Å². The fraction of sp³-hybridized carbons (Fsp3) is 0.440. The van der Waals surface area contributed by atoms with E-state index in [0.29, 0.717) is 30.4 Å². The van der Waals surface area contributed by atoms with Gasteiger partial charge in [-0.15, -0.1) is 0 Å². The van der Waals surface area contributed by atoms with Gasteiger partial charge in [0.2, 0.25) is 5.84 Å². The Bertz CT molecular complexity index is 1230. The number of nitrogens with zero attached hydrogens (tertiary/aromatic N) is 3. The smallest absolute Gasteiger partial charge is 0.264 e. The number of aliphatic hydroxyl groups excluding tert-OH is 1. The second-order valence-corrected chi connectivity index (χ2v) is 11.2. The number of nitrogens with one attached hydrogen (secondary N) is 2. The van der Waals surface area contributed by atoms with Gasteiger partial charge in [0.15, 0.2) is 11.7 Å². The monoisotopic (exact) mass is 515 g/mol. The maximum atomic E-state index is 13.6. The summed E-state index contributed by atoms with van der Waals surface area (Å²) in [4.78, 5) is 8.01. The highest BCUT2D eigenvalue weighted by Crippen LogP contribution is 2.30. The Morgan fingerprint density at radius 1 is 1.11 bits per heavy atom. The lowest BCUT2D eigenvalue weighted by atomic mass is 9.99. The van der Waals surface area contributed by atoms with Gasteiger partial charge in [0.25, 0.3) is 10.0 Å². The minimum atomic E-state index is -3.96. The summed E-state index contributed by atoms with van der Waals surface area (Å²) in [6.07, 6.45) is 3.79. The maximum absolute atomic E-state index is 13.6. The van der Waals surface area contributed by atoms with Gasteiger partial charge < -0.3 is 20.6 Å². The highest BCUT2D eigenvalue weighted by Gasteiger charge is 2.37. The zero-order valence-electron chi connectivity index (χ0n) is 20.6. The van der Waals surface area contributed by atoms with E-state index in [1.54, 1.807) is 36.1 Å². The van der Waals surface area contributed by atoms with Crippen LogP contribution in [0, 0.1) is 10.8 Å². The van der Waals surface area contributed by atoms with E-state index in [1.807, 2.05) is 6.07 Å². The second-order valence-electron chi connectivity index (χ2n) is 9.36. The van der Waals surface area contributed by atoms with Crippen LogP contribution in [0.15, 0.2) is 47.4 Å². The van der Waals surface area contributed by atoms with Gasteiger partial charge in [0.1, 0.15) is 13.1 Å². The topological polar surface area (TPSA) is 144 Å². The lowest BCUT2D eigenvalue weighted by molar-refractivity contribution is -1.01. The second kappa shape index (κ2) is 10.5. The van der Waals surface area contributed by atoms with Crippen LogP contribution in [-0.4, -0.2) is 67.7 Å². The number of rotatable bonds is 7. The van der Waals surface area contributed by atoms with Crippen molar-refractivity contribution in [2.24, 2.45) is 5.73 Å². The lowest BCUT2D eigenvalue weighted by Gasteiger charge is -2.36. The molecule has 0 spiro atoms. The molecule has 194 valence electrons. The third-order valence-electron chi connectivity index (χ3n) is 6.98. The molecular formula is C25H35N6O4S+. The van der Waals surface area contributed by atoms with Crippen LogP contribution in [0.4, 0.5) is 5.69 Å². The molecule has 2 aliphatic heterocycles. The first kappa shape index (κ1) is 25.9. The molecule has 0 aliphatic carbocycles. The average Bonchev–Trinajstić information content (AvgIpc) is 2.87. The first-order valence-electron chi connectivity index (χ1n) is 12.2. The van der Waals surface area contributed by atoms with Gasteiger partial charge in [-0.2, -0.15) is 0 Å². The number of aliphatic hydroxyl groups is 1. The number of fused-ring (bicyclic) bond motifs is 1. The predicted molar refractivity (Wildman–Crippen MR) is 138 cm³/mol. The molecule has 2 aromatic rings. The van der Waals surface area contributed by atoms with Crippen LogP contribution in [0.5, 0.6) is 5.75 Å². The zero-order chi connectivity index (χ0) is 25.9. The number of nitrogens with two attached hydrogens (primary N) is 1. The number of likely N-dealkylation sites (tertiary alicyclic amines) is 1. The summed E-state index contributed by atoms with van der Waals surface area (Å²) in [6.45, 7) is 3.83. The Balaban J connectivity index is 1.59. The minimum absolute atomic E-state index is 0.0139. The van der Waals surface area contributed by atoms with Crippen LogP contribution in [0.1, 0.15) is 37.3 Å². The Morgan fingerprint density at radius 3 is 2.42 bits per heavy atom. The molecule has 10 nitrogen and oxygen atoms in total. The van der Waals surface area contributed by atoms with Gasteiger partial charge in [0, 0.05) is 32.9 Å². The van der Waals surface area contributed by atoms with E-state index in [2.05, 4.69) is 0 Å². The molecule has 0 amide bonds. The molecule has 0 bridgehead atoms. The summed E-state index contributed by atoms with van der Waals surface area (Å²) in [5, 5.41) is 25.6. The molecular weight excluding hydrogens is 480 g/mol. The maximum Gasteiger partial charge on any atom is 0.264 e. The molecule has 0 atom stereocenters. The molecule has 4 rings (SSSR count). The molecule has 0 aromatic heterocycles. The van der Waals surface area contributed by atoms with Crippen molar-refractivity contribution in [1.29, 1.82) is 10.8 Å². The molecule has 0 saturated carbocycles. The van der Waals surface area contributed by atoms with Crippen molar-refractivity contribution in [1.82, 2.24) is 4.90 Å². The summed E-state index contributed by atoms with van der Waals surface area (Å²) in [5.74, 6) is 0.922. The lowest BCUT2D eigenvalue weighted by Crippen LogP contribution is -2.56. The van der Waals surface area contributed by atoms with Crippen LogP contribution < -0.4 is 14.9 Å². The van der Waals surface area contributed by atoms with E-state index < -0.39 is 10.0 Å². The minimum Gasteiger partial charge on any atom is -0.394 e. The molecule has 2 aromatic carbocycles. The number of benzene rings is 2. The summed E-state index contributed by atoms with van der Waals surface area (Å²) in [7, 11) is -3.96. The molecule has 2 heterocycles. The van der Waals surface area contributed by atoms with Crippen LogP contribution in [0.25, 0.3) is 0 Å². The largest absolute Gasteiger partial charge is 0.394 e. The highest BCUT2D eigenvalue weighted by molar-refractivity contribution is 7.92. The van der Waals surface area contributed by atoms with Crippen LogP contribution >= 0.6 is 0 Å².